The Balaban J connectivity index is 1.33. The molecule has 1 aromatic carbocycles. The van der Waals surface area contributed by atoms with E-state index in [0.717, 1.165) is 23.2 Å². The standard InChI is InChI=1S/C21H24N4S/c1-14-4-2-3-7-25(14)18-8-16(9-18)21-24-19-6-5-15(10-20(19)26-21)17-11-22-13-23-12-17/h5-6,10-14,16,18H,2-4,7-9H2,1H3. The average Bonchev–Trinajstić information content (AvgIpc) is 3.05. The van der Waals surface area contributed by atoms with Crippen LogP contribution in [0.5, 0.6) is 0 Å². The third kappa shape index (κ3) is 2.93. The van der Waals surface area contributed by atoms with E-state index in [1.54, 1.807) is 6.33 Å². The second-order valence-electron chi connectivity index (χ2n) is 7.77. The molecule has 1 atom stereocenters. The first-order valence-corrected chi connectivity index (χ1v) is 10.5. The first kappa shape index (κ1) is 16.3. The minimum absolute atomic E-state index is 0.648. The van der Waals surface area contributed by atoms with E-state index < -0.39 is 0 Å². The molecule has 0 bridgehead atoms. The molecule has 5 heteroatoms. The van der Waals surface area contributed by atoms with Gasteiger partial charge in [0, 0.05) is 36.0 Å². The number of likely N-dealkylation sites (tertiary alicyclic amines) is 1. The van der Waals surface area contributed by atoms with Crippen LogP contribution < -0.4 is 0 Å². The fourth-order valence-electron chi connectivity index (χ4n) is 4.47. The van der Waals surface area contributed by atoms with Crippen molar-refractivity contribution < 1.29 is 0 Å². The summed E-state index contributed by atoms with van der Waals surface area (Å²) in [5.41, 5.74) is 3.36. The van der Waals surface area contributed by atoms with E-state index in [-0.39, 0.29) is 0 Å². The number of aromatic nitrogens is 3. The quantitative estimate of drug-likeness (QED) is 0.665. The minimum atomic E-state index is 0.648. The van der Waals surface area contributed by atoms with Crippen molar-refractivity contribution in [3.05, 3.63) is 41.9 Å². The Morgan fingerprint density at radius 2 is 1.92 bits per heavy atom. The molecule has 134 valence electrons. The maximum atomic E-state index is 4.94. The highest BCUT2D eigenvalue weighted by molar-refractivity contribution is 7.18. The van der Waals surface area contributed by atoms with Crippen LogP contribution in [0, 0.1) is 0 Å². The highest BCUT2D eigenvalue weighted by Crippen LogP contribution is 2.44. The normalized spacial score (nSPS) is 26.7. The Labute approximate surface area is 158 Å². The molecule has 2 aromatic heterocycles. The van der Waals surface area contributed by atoms with Crippen molar-refractivity contribution in [3.63, 3.8) is 0 Å². The molecule has 3 heterocycles. The van der Waals surface area contributed by atoms with E-state index in [1.165, 1.54) is 53.9 Å². The van der Waals surface area contributed by atoms with Gasteiger partial charge in [-0.2, -0.15) is 0 Å². The van der Waals surface area contributed by atoms with E-state index in [1.807, 2.05) is 23.7 Å². The van der Waals surface area contributed by atoms with Crippen LogP contribution in [-0.4, -0.2) is 38.5 Å². The van der Waals surface area contributed by atoms with Gasteiger partial charge in [0.15, 0.2) is 0 Å². The average molecular weight is 365 g/mol. The molecule has 5 rings (SSSR count). The van der Waals surface area contributed by atoms with Crippen LogP contribution in [0.4, 0.5) is 0 Å². The van der Waals surface area contributed by atoms with E-state index in [2.05, 4.69) is 40.0 Å². The molecule has 1 unspecified atom stereocenters. The Bertz CT molecular complexity index is 901. The molecular weight excluding hydrogens is 340 g/mol. The molecule has 1 aliphatic heterocycles. The molecule has 3 aromatic rings. The summed E-state index contributed by atoms with van der Waals surface area (Å²) in [6, 6.07) is 8.04. The fourth-order valence-corrected chi connectivity index (χ4v) is 5.60. The van der Waals surface area contributed by atoms with Crippen molar-refractivity contribution >= 4 is 21.6 Å². The Kier molecular flexibility index (Phi) is 4.21. The molecule has 0 spiro atoms. The molecule has 1 saturated heterocycles. The second kappa shape index (κ2) is 6.71. The van der Waals surface area contributed by atoms with Gasteiger partial charge in [-0.05, 0) is 56.8 Å². The zero-order chi connectivity index (χ0) is 17.5. The van der Waals surface area contributed by atoms with Gasteiger partial charge in [0.1, 0.15) is 6.33 Å². The van der Waals surface area contributed by atoms with Crippen molar-refractivity contribution in [3.8, 4) is 11.1 Å². The summed E-state index contributed by atoms with van der Waals surface area (Å²) in [7, 11) is 0. The van der Waals surface area contributed by atoms with Crippen molar-refractivity contribution in [2.24, 2.45) is 0 Å². The Morgan fingerprint density at radius 3 is 2.73 bits per heavy atom. The lowest BCUT2D eigenvalue weighted by atomic mass is 9.78. The van der Waals surface area contributed by atoms with E-state index in [9.17, 15) is 0 Å². The van der Waals surface area contributed by atoms with Gasteiger partial charge < -0.3 is 0 Å². The van der Waals surface area contributed by atoms with E-state index in [4.69, 9.17) is 4.98 Å². The molecule has 0 radical (unpaired) electrons. The van der Waals surface area contributed by atoms with Crippen LogP contribution in [0.1, 0.15) is 50.0 Å². The lowest BCUT2D eigenvalue weighted by molar-refractivity contribution is 0.0480. The molecule has 1 aliphatic carbocycles. The van der Waals surface area contributed by atoms with Gasteiger partial charge in [0.2, 0.25) is 0 Å². The summed E-state index contributed by atoms with van der Waals surface area (Å²) in [5.74, 6) is 0.648. The number of rotatable bonds is 3. The van der Waals surface area contributed by atoms with Gasteiger partial charge in [0.05, 0.1) is 15.2 Å². The predicted octanol–water partition coefficient (Wildman–Crippen LogP) is 4.87. The lowest BCUT2D eigenvalue weighted by Gasteiger charge is -2.47. The summed E-state index contributed by atoms with van der Waals surface area (Å²) in [5, 5.41) is 1.32. The van der Waals surface area contributed by atoms with Gasteiger partial charge in [0.25, 0.3) is 0 Å². The molecule has 4 nitrogen and oxygen atoms in total. The van der Waals surface area contributed by atoms with Crippen LogP contribution >= 0.6 is 11.3 Å². The van der Waals surface area contributed by atoms with E-state index in [0.29, 0.717) is 5.92 Å². The van der Waals surface area contributed by atoms with Gasteiger partial charge in [-0.1, -0.05) is 12.5 Å². The third-order valence-electron chi connectivity index (χ3n) is 6.08. The Morgan fingerprint density at radius 1 is 1.08 bits per heavy atom. The SMILES string of the molecule is CC1CCCCN1C1CC(c2nc3ccc(-c4cncnc4)cc3s2)C1. The largest absolute Gasteiger partial charge is 0.298 e. The number of piperidine rings is 1. The molecule has 2 aliphatic rings. The van der Waals surface area contributed by atoms with Crippen molar-refractivity contribution in [2.45, 2.75) is 57.0 Å². The predicted molar refractivity (Wildman–Crippen MR) is 106 cm³/mol. The van der Waals surface area contributed by atoms with Crippen LogP contribution in [0.2, 0.25) is 0 Å². The van der Waals surface area contributed by atoms with Crippen LogP contribution in [0.3, 0.4) is 0 Å². The van der Waals surface area contributed by atoms with E-state index >= 15 is 0 Å². The summed E-state index contributed by atoms with van der Waals surface area (Å²) in [6.07, 6.45) is 12.0. The highest BCUT2D eigenvalue weighted by Gasteiger charge is 2.38. The van der Waals surface area contributed by atoms with Crippen LogP contribution in [-0.2, 0) is 0 Å². The number of fused-ring (bicyclic) bond motifs is 1. The molecule has 26 heavy (non-hydrogen) atoms. The molecule has 0 N–H and O–H groups in total. The highest BCUT2D eigenvalue weighted by atomic mass is 32.1. The van der Waals surface area contributed by atoms with Crippen molar-refractivity contribution in [1.29, 1.82) is 0 Å². The fraction of sp³-hybridized carbons (Fsp3) is 0.476. The number of thiazole rings is 1. The van der Waals surface area contributed by atoms with Crippen LogP contribution in [0.25, 0.3) is 21.3 Å². The van der Waals surface area contributed by atoms with Crippen molar-refractivity contribution in [2.75, 3.05) is 6.54 Å². The Hall–Kier alpha value is -1.85. The molecular formula is C21H24N4S. The number of hydrogen-bond donors (Lipinski definition) is 0. The zero-order valence-electron chi connectivity index (χ0n) is 15.1. The monoisotopic (exact) mass is 364 g/mol. The zero-order valence-corrected chi connectivity index (χ0v) is 16.0. The maximum absolute atomic E-state index is 4.94. The first-order chi connectivity index (χ1) is 12.8. The van der Waals surface area contributed by atoms with Gasteiger partial charge >= 0.3 is 0 Å². The third-order valence-corrected chi connectivity index (χ3v) is 7.27. The molecule has 2 fully saturated rings. The van der Waals surface area contributed by atoms with Gasteiger partial charge in [-0.3, -0.25) is 4.90 Å². The van der Waals surface area contributed by atoms with Gasteiger partial charge in [-0.25, -0.2) is 15.0 Å². The lowest BCUT2D eigenvalue weighted by Crippen LogP contribution is -2.50. The number of hydrogen-bond acceptors (Lipinski definition) is 5. The molecule has 0 amide bonds. The summed E-state index contributed by atoms with van der Waals surface area (Å²) in [6.45, 7) is 3.69. The maximum Gasteiger partial charge on any atom is 0.115 e. The topological polar surface area (TPSA) is 41.9 Å². The van der Waals surface area contributed by atoms with Gasteiger partial charge in [-0.15, -0.1) is 11.3 Å². The second-order valence-corrected chi connectivity index (χ2v) is 8.83. The molecule has 1 saturated carbocycles. The van der Waals surface area contributed by atoms with Crippen molar-refractivity contribution in [1.82, 2.24) is 19.9 Å². The summed E-state index contributed by atoms with van der Waals surface area (Å²) < 4.78 is 1.27. The number of benzene rings is 1. The van der Waals surface area contributed by atoms with Crippen LogP contribution in [0.15, 0.2) is 36.9 Å². The summed E-state index contributed by atoms with van der Waals surface area (Å²) >= 11 is 1.87. The number of nitrogens with zero attached hydrogens (tertiary/aromatic N) is 4. The smallest absolute Gasteiger partial charge is 0.115 e. The minimum Gasteiger partial charge on any atom is -0.298 e. The first-order valence-electron chi connectivity index (χ1n) is 9.69. The summed E-state index contributed by atoms with van der Waals surface area (Å²) in [4.78, 5) is 15.9.